The van der Waals surface area contributed by atoms with E-state index in [1.54, 1.807) is 0 Å². The van der Waals surface area contributed by atoms with Gasteiger partial charge in [0.2, 0.25) is 5.13 Å². The van der Waals surface area contributed by atoms with Crippen LogP contribution in [0.3, 0.4) is 0 Å². The summed E-state index contributed by atoms with van der Waals surface area (Å²) in [6.07, 6.45) is 1.53. The molecule has 68 valence electrons. The Morgan fingerprint density at radius 3 is 2.75 bits per heavy atom. The molecule has 0 aliphatic rings. The SMILES string of the molecule is CC(Cl)C(C)(C)Nc1ncns1. The van der Waals surface area contributed by atoms with E-state index in [1.165, 1.54) is 17.9 Å². The molecule has 0 aliphatic heterocycles. The number of aromatic nitrogens is 2. The first-order valence-corrected chi connectivity index (χ1v) is 4.92. The van der Waals surface area contributed by atoms with Crippen LogP contribution in [0, 0.1) is 0 Å². The van der Waals surface area contributed by atoms with Crippen LogP contribution in [-0.2, 0) is 0 Å². The summed E-state index contributed by atoms with van der Waals surface area (Å²) in [7, 11) is 0. The molecular weight excluding hydrogens is 194 g/mol. The Bertz CT molecular complexity index is 233. The highest BCUT2D eigenvalue weighted by Crippen LogP contribution is 2.21. The second-order valence-corrected chi connectivity index (χ2v) is 4.64. The van der Waals surface area contributed by atoms with Gasteiger partial charge in [0, 0.05) is 11.5 Å². The number of halogens is 1. The van der Waals surface area contributed by atoms with Crippen LogP contribution in [0.15, 0.2) is 6.33 Å². The summed E-state index contributed by atoms with van der Waals surface area (Å²) in [6, 6.07) is 0. The number of rotatable bonds is 3. The van der Waals surface area contributed by atoms with Crippen LogP contribution in [0.2, 0.25) is 0 Å². The van der Waals surface area contributed by atoms with E-state index < -0.39 is 0 Å². The smallest absolute Gasteiger partial charge is 0.202 e. The van der Waals surface area contributed by atoms with Gasteiger partial charge in [0.25, 0.3) is 0 Å². The third-order valence-corrected chi connectivity index (χ3v) is 2.91. The van der Waals surface area contributed by atoms with E-state index in [9.17, 15) is 0 Å². The molecule has 3 nitrogen and oxygen atoms in total. The van der Waals surface area contributed by atoms with E-state index in [0.29, 0.717) is 0 Å². The molecule has 0 amide bonds. The molecule has 0 aromatic carbocycles. The fourth-order valence-electron chi connectivity index (χ4n) is 0.603. The van der Waals surface area contributed by atoms with Crippen LogP contribution in [0.1, 0.15) is 20.8 Å². The lowest BCUT2D eigenvalue weighted by Crippen LogP contribution is -2.38. The van der Waals surface area contributed by atoms with E-state index in [1.807, 2.05) is 20.8 Å². The van der Waals surface area contributed by atoms with E-state index in [0.717, 1.165) is 5.13 Å². The van der Waals surface area contributed by atoms with Crippen LogP contribution in [0.4, 0.5) is 5.13 Å². The first kappa shape index (κ1) is 9.74. The first-order chi connectivity index (χ1) is 5.52. The van der Waals surface area contributed by atoms with Crippen LogP contribution >= 0.6 is 23.1 Å². The van der Waals surface area contributed by atoms with Crippen molar-refractivity contribution in [1.82, 2.24) is 9.36 Å². The number of alkyl halides is 1. The van der Waals surface area contributed by atoms with Gasteiger partial charge in [-0.25, -0.2) is 4.98 Å². The van der Waals surface area contributed by atoms with Crippen LogP contribution in [-0.4, -0.2) is 20.3 Å². The zero-order valence-electron chi connectivity index (χ0n) is 7.34. The monoisotopic (exact) mass is 205 g/mol. The highest BCUT2D eigenvalue weighted by atomic mass is 35.5. The van der Waals surface area contributed by atoms with Gasteiger partial charge in [0.1, 0.15) is 6.33 Å². The zero-order valence-corrected chi connectivity index (χ0v) is 8.91. The lowest BCUT2D eigenvalue weighted by Gasteiger charge is -2.28. The Hall–Kier alpha value is -0.350. The molecule has 0 bridgehead atoms. The molecule has 1 aromatic rings. The molecule has 0 fully saturated rings. The minimum Gasteiger partial charge on any atom is -0.354 e. The molecule has 1 rings (SSSR count). The molecule has 0 aliphatic carbocycles. The highest BCUT2D eigenvalue weighted by Gasteiger charge is 2.24. The van der Waals surface area contributed by atoms with Gasteiger partial charge in [-0.05, 0) is 20.8 Å². The van der Waals surface area contributed by atoms with Gasteiger partial charge < -0.3 is 5.32 Å². The average Bonchev–Trinajstić information content (AvgIpc) is 2.38. The molecule has 1 N–H and O–H groups in total. The summed E-state index contributed by atoms with van der Waals surface area (Å²) in [4.78, 5) is 4.02. The van der Waals surface area contributed by atoms with Crippen molar-refractivity contribution in [3.8, 4) is 0 Å². The van der Waals surface area contributed by atoms with Gasteiger partial charge in [-0.15, -0.1) is 11.6 Å². The van der Waals surface area contributed by atoms with Gasteiger partial charge in [-0.3, -0.25) is 0 Å². The summed E-state index contributed by atoms with van der Waals surface area (Å²) in [5.74, 6) is 0. The van der Waals surface area contributed by atoms with Crippen LogP contribution in [0.5, 0.6) is 0 Å². The van der Waals surface area contributed by atoms with Gasteiger partial charge in [0.05, 0.1) is 10.9 Å². The van der Waals surface area contributed by atoms with E-state index in [-0.39, 0.29) is 10.9 Å². The van der Waals surface area contributed by atoms with Crippen molar-refractivity contribution in [2.75, 3.05) is 5.32 Å². The molecule has 0 saturated carbocycles. The quantitative estimate of drug-likeness (QED) is 0.770. The predicted molar refractivity (Wildman–Crippen MR) is 52.9 cm³/mol. The van der Waals surface area contributed by atoms with Gasteiger partial charge in [-0.1, -0.05) is 0 Å². The van der Waals surface area contributed by atoms with Crippen molar-refractivity contribution >= 4 is 28.3 Å². The van der Waals surface area contributed by atoms with Crippen LogP contribution < -0.4 is 5.32 Å². The second kappa shape index (κ2) is 3.58. The van der Waals surface area contributed by atoms with Gasteiger partial charge in [-0.2, -0.15) is 4.37 Å². The number of nitrogens with zero attached hydrogens (tertiary/aromatic N) is 2. The normalized spacial score (nSPS) is 14.3. The number of hydrogen-bond acceptors (Lipinski definition) is 4. The lowest BCUT2D eigenvalue weighted by atomic mass is 10.0. The fourth-order valence-corrected chi connectivity index (χ4v) is 1.25. The van der Waals surface area contributed by atoms with Crippen molar-refractivity contribution in [1.29, 1.82) is 0 Å². The standard InChI is InChI=1S/C7H12ClN3S/c1-5(8)7(2,3)11-6-9-4-10-12-6/h4-5H,1-3H3,(H,9,10,11). The number of nitrogens with one attached hydrogen (secondary N) is 1. The lowest BCUT2D eigenvalue weighted by molar-refractivity contribution is 0.554. The van der Waals surface area contributed by atoms with E-state index >= 15 is 0 Å². The van der Waals surface area contributed by atoms with Crippen molar-refractivity contribution in [3.63, 3.8) is 0 Å². The Balaban J connectivity index is 2.62. The molecule has 1 aromatic heterocycles. The van der Waals surface area contributed by atoms with E-state index in [4.69, 9.17) is 11.6 Å². The van der Waals surface area contributed by atoms with Crippen molar-refractivity contribution < 1.29 is 0 Å². The molecular formula is C7H12ClN3S. The molecule has 1 unspecified atom stereocenters. The molecule has 0 spiro atoms. The highest BCUT2D eigenvalue weighted by molar-refractivity contribution is 7.09. The zero-order chi connectivity index (χ0) is 9.19. The molecule has 0 saturated heterocycles. The van der Waals surface area contributed by atoms with Gasteiger partial charge >= 0.3 is 0 Å². The molecule has 0 radical (unpaired) electrons. The average molecular weight is 206 g/mol. The number of hydrogen-bond donors (Lipinski definition) is 1. The Morgan fingerprint density at radius 1 is 1.67 bits per heavy atom. The molecule has 12 heavy (non-hydrogen) atoms. The topological polar surface area (TPSA) is 37.8 Å². The Labute approximate surface area is 81.3 Å². The van der Waals surface area contributed by atoms with E-state index in [2.05, 4.69) is 14.7 Å². The van der Waals surface area contributed by atoms with Crippen molar-refractivity contribution in [3.05, 3.63) is 6.33 Å². The van der Waals surface area contributed by atoms with Crippen molar-refractivity contribution in [2.45, 2.75) is 31.7 Å². The van der Waals surface area contributed by atoms with Gasteiger partial charge in [0.15, 0.2) is 0 Å². The molecule has 5 heteroatoms. The summed E-state index contributed by atoms with van der Waals surface area (Å²) >= 11 is 7.32. The molecule has 1 heterocycles. The Kier molecular flexibility index (Phi) is 2.90. The minimum atomic E-state index is -0.152. The second-order valence-electron chi connectivity index (χ2n) is 3.21. The molecule has 1 atom stereocenters. The largest absolute Gasteiger partial charge is 0.354 e. The predicted octanol–water partition coefficient (Wildman–Crippen LogP) is 2.36. The summed E-state index contributed by atoms with van der Waals surface area (Å²) < 4.78 is 3.89. The van der Waals surface area contributed by atoms with Crippen molar-refractivity contribution in [2.24, 2.45) is 0 Å². The van der Waals surface area contributed by atoms with Crippen LogP contribution in [0.25, 0.3) is 0 Å². The summed E-state index contributed by atoms with van der Waals surface area (Å²) in [6.45, 7) is 6.02. The Morgan fingerprint density at radius 2 is 2.33 bits per heavy atom. The maximum Gasteiger partial charge on any atom is 0.202 e. The summed E-state index contributed by atoms with van der Waals surface area (Å²) in [5, 5.41) is 4.07. The number of anilines is 1. The maximum absolute atomic E-state index is 5.98. The fraction of sp³-hybridized carbons (Fsp3) is 0.714. The third kappa shape index (κ3) is 2.32. The minimum absolute atomic E-state index is 0.0430. The third-order valence-electron chi connectivity index (χ3n) is 1.78. The summed E-state index contributed by atoms with van der Waals surface area (Å²) in [5.41, 5.74) is -0.152. The first-order valence-electron chi connectivity index (χ1n) is 3.71. The maximum atomic E-state index is 5.98.